The van der Waals surface area contributed by atoms with Crippen LogP contribution in [0.3, 0.4) is 0 Å². The van der Waals surface area contributed by atoms with Crippen molar-refractivity contribution < 1.29 is 19.4 Å². The lowest BCUT2D eigenvalue weighted by Gasteiger charge is -2.32. The number of methoxy groups -OCH3 is 1. The third-order valence-corrected chi connectivity index (χ3v) is 4.99. The van der Waals surface area contributed by atoms with Gasteiger partial charge in [-0.05, 0) is 56.4 Å². The van der Waals surface area contributed by atoms with Gasteiger partial charge in [0.15, 0.2) is 5.69 Å². The molecule has 3 rings (SSSR count). The standard InChI is InChI=1S/C19H24N4O4/c1-13-18(20-21-23(13)15-6-8-16(27-2)9-7-15)19(26)22-11-3-4-14(12-22)5-10-17(24)25/h6-9,14H,3-5,10-12H2,1-2H3,(H,24,25). The Hall–Kier alpha value is -2.90. The van der Waals surface area contributed by atoms with E-state index >= 15 is 0 Å². The van der Waals surface area contributed by atoms with Crippen LogP contribution in [0.4, 0.5) is 0 Å². The minimum absolute atomic E-state index is 0.138. The van der Waals surface area contributed by atoms with Gasteiger partial charge in [-0.15, -0.1) is 5.10 Å². The average molecular weight is 372 g/mol. The molecule has 2 aromatic rings. The SMILES string of the molecule is COc1ccc(-n2nnc(C(=O)N3CCCC(CCC(=O)O)C3)c2C)cc1. The normalized spacial score (nSPS) is 17.0. The van der Waals surface area contributed by atoms with Crippen molar-refractivity contribution in [2.75, 3.05) is 20.2 Å². The van der Waals surface area contributed by atoms with Crippen molar-refractivity contribution in [1.29, 1.82) is 0 Å². The van der Waals surface area contributed by atoms with E-state index in [1.165, 1.54) is 0 Å². The van der Waals surface area contributed by atoms with E-state index in [0.717, 1.165) is 24.3 Å². The predicted octanol–water partition coefficient (Wildman–Crippen LogP) is 2.30. The first kappa shape index (κ1) is 18.9. The maximum absolute atomic E-state index is 12.9. The fourth-order valence-electron chi connectivity index (χ4n) is 3.46. The molecule has 0 aliphatic carbocycles. The van der Waals surface area contributed by atoms with Crippen LogP contribution in [0.25, 0.3) is 5.69 Å². The summed E-state index contributed by atoms with van der Waals surface area (Å²) in [7, 11) is 1.61. The molecular weight excluding hydrogens is 348 g/mol. The summed E-state index contributed by atoms with van der Waals surface area (Å²) >= 11 is 0. The smallest absolute Gasteiger partial charge is 0.303 e. The van der Waals surface area contributed by atoms with Crippen molar-refractivity contribution in [2.24, 2.45) is 5.92 Å². The van der Waals surface area contributed by atoms with Gasteiger partial charge in [-0.2, -0.15) is 0 Å². The number of carboxylic acids is 1. The molecule has 1 aromatic heterocycles. The van der Waals surface area contributed by atoms with Crippen LogP contribution in [0, 0.1) is 12.8 Å². The number of carboxylic acid groups (broad SMARTS) is 1. The summed E-state index contributed by atoms with van der Waals surface area (Å²) in [5.41, 5.74) is 1.82. The van der Waals surface area contributed by atoms with E-state index in [-0.39, 0.29) is 18.2 Å². The monoisotopic (exact) mass is 372 g/mol. The van der Waals surface area contributed by atoms with Crippen molar-refractivity contribution >= 4 is 11.9 Å². The van der Waals surface area contributed by atoms with Crippen LogP contribution in [0.5, 0.6) is 5.75 Å². The summed E-state index contributed by atoms with van der Waals surface area (Å²) < 4.78 is 6.80. The van der Waals surface area contributed by atoms with E-state index < -0.39 is 5.97 Å². The molecule has 1 N–H and O–H groups in total. The summed E-state index contributed by atoms with van der Waals surface area (Å²) in [6.45, 7) is 3.06. The van der Waals surface area contributed by atoms with E-state index in [0.29, 0.717) is 30.9 Å². The van der Waals surface area contributed by atoms with Crippen LogP contribution < -0.4 is 4.74 Å². The number of carbonyl (C=O) groups excluding carboxylic acids is 1. The van der Waals surface area contributed by atoms with Crippen LogP contribution in [-0.4, -0.2) is 57.1 Å². The topological polar surface area (TPSA) is 97.5 Å². The first-order valence-corrected chi connectivity index (χ1v) is 9.07. The number of amides is 1. The van der Waals surface area contributed by atoms with Gasteiger partial charge in [-0.1, -0.05) is 5.21 Å². The van der Waals surface area contributed by atoms with Gasteiger partial charge < -0.3 is 14.7 Å². The van der Waals surface area contributed by atoms with Crippen LogP contribution in [0.2, 0.25) is 0 Å². The van der Waals surface area contributed by atoms with Crippen molar-refractivity contribution in [3.05, 3.63) is 35.7 Å². The molecule has 144 valence electrons. The quantitative estimate of drug-likeness (QED) is 0.836. The van der Waals surface area contributed by atoms with E-state index in [4.69, 9.17) is 9.84 Å². The molecule has 1 fully saturated rings. The summed E-state index contributed by atoms with van der Waals surface area (Å²) in [6.07, 6.45) is 2.56. The van der Waals surface area contributed by atoms with Crippen molar-refractivity contribution in [3.8, 4) is 11.4 Å². The zero-order chi connectivity index (χ0) is 19.4. The third kappa shape index (κ3) is 4.27. The first-order chi connectivity index (χ1) is 13.0. The van der Waals surface area contributed by atoms with Gasteiger partial charge in [0.1, 0.15) is 5.75 Å². The molecule has 8 nitrogen and oxygen atoms in total. The molecule has 1 aliphatic rings. The van der Waals surface area contributed by atoms with Gasteiger partial charge in [0.05, 0.1) is 18.5 Å². The molecule has 0 radical (unpaired) electrons. The number of hydrogen-bond donors (Lipinski definition) is 1. The lowest BCUT2D eigenvalue weighted by Crippen LogP contribution is -2.40. The molecule has 1 atom stereocenters. The highest BCUT2D eigenvalue weighted by atomic mass is 16.5. The zero-order valence-electron chi connectivity index (χ0n) is 15.6. The van der Waals surface area contributed by atoms with E-state index in [1.54, 1.807) is 16.7 Å². The number of nitrogens with zero attached hydrogens (tertiary/aromatic N) is 4. The number of carbonyl (C=O) groups is 2. The number of rotatable bonds is 6. The maximum Gasteiger partial charge on any atom is 0.303 e. The van der Waals surface area contributed by atoms with E-state index in [9.17, 15) is 9.59 Å². The highest BCUT2D eigenvalue weighted by Crippen LogP contribution is 2.23. The number of ether oxygens (including phenoxy) is 1. The van der Waals surface area contributed by atoms with Gasteiger partial charge in [0.25, 0.3) is 5.91 Å². The highest BCUT2D eigenvalue weighted by Gasteiger charge is 2.28. The van der Waals surface area contributed by atoms with E-state index in [1.807, 2.05) is 31.2 Å². The Kier molecular flexibility index (Phi) is 5.73. The molecule has 1 aliphatic heterocycles. The molecule has 1 saturated heterocycles. The van der Waals surface area contributed by atoms with Crippen molar-refractivity contribution in [1.82, 2.24) is 19.9 Å². The van der Waals surface area contributed by atoms with Gasteiger partial charge in [-0.25, -0.2) is 4.68 Å². The maximum atomic E-state index is 12.9. The molecule has 8 heteroatoms. The molecule has 2 heterocycles. The largest absolute Gasteiger partial charge is 0.497 e. The predicted molar refractivity (Wildman–Crippen MR) is 98.1 cm³/mol. The van der Waals surface area contributed by atoms with Crippen LogP contribution in [0.1, 0.15) is 41.9 Å². The average Bonchev–Trinajstić information content (AvgIpc) is 3.07. The number of benzene rings is 1. The molecule has 0 saturated carbocycles. The number of hydrogen-bond acceptors (Lipinski definition) is 5. The molecule has 0 bridgehead atoms. The molecule has 1 aromatic carbocycles. The number of piperidine rings is 1. The van der Waals surface area contributed by atoms with Gasteiger partial charge in [0, 0.05) is 19.5 Å². The Balaban J connectivity index is 1.73. The van der Waals surface area contributed by atoms with Crippen molar-refractivity contribution in [2.45, 2.75) is 32.6 Å². The lowest BCUT2D eigenvalue weighted by atomic mass is 9.93. The second kappa shape index (κ2) is 8.20. The summed E-state index contributed by atoms with van der Waals surface area (Å²) in [6, 6.07) is 7.38. The number of likely N-dealkylation sites (tertiary alicyclic amines) is 1. The summed E-state index contributed by atoms with van der Waals surface area (Å²) in [4.78, 5) is 25.5. The van der Waals surface area contributed by atoms with Crippen LogP contribution >= 0.6 is 0 Å². The molecule has 1 amide bonds. The molecule has 1 unspecified atom stereocenters. The highest BCUT2D eigenvalue weighted by molar-refractivity contribution is 5.93. The van der Waals surface area contributed by atoms with Crippen molar-refractivity contribution in [3.63, 3.8) is 0 Å². The Morgan fingerprint density at radius 3 is 2.70 bits per heavy atom. The first-order valence-electron chi connectivity index (χ1n) is 9.07. The summed E-state index contributed by atoms with van der Waals surface area (Å²) in [5, 5.41) is 17.1. The minimum atomic E-state index is -0.795. The fourth-order valence-corrected chi connectivity index (χ4v) is 3.46. The van der Waals surface area contributed by atoms with Gasteiger partial charge in [-0.3, -0.25) is 9.59 Å². The molecular formula is C19H24N4O4. The second-order valence-electron chi connectivity index (χ2n) is 6.83. The second-order valence-corrected chi connectivity index (χ2v) is 6.83. The van der Waals surface area contributed by atoms with Crippen LogP contribution in [-0.2, 0) is 4.79 Å². The van der Waals surface area contributed by atoms with Gasteiger partial charge in [0.2, 0.25) is 0 Å². The fraction of sp³-hybridized carbons (Fsp3) is 0.474. The Labute approximate surface area is 157 Å². The Morgan fingerprint density at radius 2 is 2.04 bits per heavy atom. The lowest BCUT2D eigenvalue weighted by molar-refractivity contribution is -0.137. The zero-order valence-corrected chi connectivity index (χ0v) is 15.6. The Morgan fingerprint density at radius 1 is 1.30 bits per heavy atom. The van der Waals surface area contributed by atoms with Gasteiger partial charge >= 0.3 is 5.97 Å². The molecule has 27 heavy (non-hydrogen) atoms. The Bertz CT molecular complexity index is 816. The summed E-state index contributed by atoms with van der Waals surface area (Å²) in [5.74, 6) is 0.0216. The minimum Gasteiger partial charge on any atom is -0.497 e. The van der Waals surface area contributed by atoms with E-state index in [2.05, 4.69) is 10.3 Å². The number of aromatic nitrogens is 3. The third-order valence-electron chi connectivity index (χ3n) is 4.99. The number of aliphatic carboxylic acids is 1. The van der Waals surface area contributed by atoms with Crippen LogP contribution in [0.15, 0.2) is 24.3 Å². The molecule has 0 spiro atoms.